The number of ether oxygens (including phenoxy) is 1. The van der Waals surface area contributed by atoms with Gasteiger partial charge in [0.25, 0.3) is 0 Å². The fourth-order valence-electron chi connectivity index (χ4n) is 4.07. The first-order valence-electron chi connectivity index (χ1n) is 10.2. The van der Waals surface area contributed by atoms with Crippen LogP contribution in [0.4, 0.5) is 5.69 Å². The number of carbonyl (C=O) groups excluding carboxylic acids is 1. The summed E-state index contributed by atoms with van der Waals surface area (Å²) in [6.07, 6.45) is 1.78. The zero-order valence-corrected chi connectivity index (χ0v) is 16.6. The molecule has 0 bridgehead atoms. The number of aliphatic hydroxyl groups is 2. The molecule has 6 heteroatoms. The second-order valence-corrected chi connectivity index (χ2v) is 7.99. The Kier molecular flexibility index (Phi) is 5.85. The molecule has 0 aromatic heterocycles. The van der Waals surface area contributed by atoms with Crippen molar-refractivity contribution in [3.05, 3.63) is 59.7 Å². The summed E-state index contributed by atoms with van der Waals surface area (Å²) in [6.45, 7) is 0.354. The molecule has 0 radical (unpaired) electrons. The Labute approximate surface area is 171 Å². The summed E-state index contributed by atoms with van der Waals surface area (Å²) in [5.74, 6) is 1.11. The van der Waals surface area contributed by atoms with Crippen LogP contribution in [0.1, 0.15) is 17.5 Å². The largest absolute Gasteiger partial charge is 0.489 e. The molecule has 2 aromatic carbocycles. The van der Waals surface area contributed by atoms with E-state index in [2.05, 4.69) is 17.4 Å². The van der Waals surface area contributed by atoms with E-state index < -0.39 is 12.3 Å². The molecule has 1 fully saturated rings. The van der Waals surface area contributed by atoms with Crippen molar-refractivity contribution in [1.82, 2.24) is 5.32 Å². The first-order chi connectivity index (χ1) is 14.1. The third-order valence-corrected chi connectivity index (χ3v) is 5.94. The maximum atomic E-state index is 12.8. The molecular weight excluding hydrogens is 368 g/mol. The van der Waals surface area contributed by atoms with E-state index in [0.717, 1.165) is 24.1 Å². The standard InChI is InChI=1S/C23H28N2O4/c1-25-20-4-2-3-5-21(20)29-14-19(23(25)28)24-22(27)18-13-17(18)12-16-8-6-15(7-9-16)10-11-26/h2-9,17-19,22,24,26-27H,10-14H2,1H3/t17?,18?,19-,22-/m0/s1. The maximum Gasteiger partial charge on any atom is 0.247 e. The van der Waals surface area contributed by atoms with Crippen LogP contribution in [0.5, 0.6) is 5.75 Å². The van der Waals surface area contributed by atoms with Crippen molar-refractivity contribution < 1.29 is 19.7 Å². The van der Waals surface area contributed by atoms with Crippen LogP contribution in [0.25, 0.3) is 0 Å². The number of aliphatic hydroxyl groups excluding tert-OH is 2. The average molecular weight is 396 g/mol. The zero-order valence-electron chi connectivity index (χ0n) is 16.6. The highest BCUT2D eigenvalue weighted by Gasteiger charge is 2.44. The molecule has 4 rings (SSSR count). The van der Waals surface area contributed by atoms with Crippen LogP contribution in [0.3, 0.4) is 0 Å². The Bertz CT molecular complexity index is 854. The molecule has 3 N–H and O–H groups in total. The van der Waals surface area contributed by atoms with Crippen LogP contribution in [0.15, 0.2) is 48.5 Å². The molecule has 29 heavy (non-hydrogen) atoms. The zero-order chi connectivity index (χ0) is 20.4. The van der Waals surface area contributed by atoms with E-state index in [1.54, 1.807) is 11.9 Å². The molecular formula is C23H28N2O4. The van der Waals surface area contributed by atoms with Crippen LogP contribution >= 0.6 is 0 Å². The van der Waals surface area contributed by atoms with Gasteiger partial charge < -0.3 is 19.8 Å². The number of para-hydroxylation sites is 2. The monoisotopic (exact) mass is 396 g/mol. The topological polar surface area (TPSA) is 82.0 Å². The summed E-state index contributed by atoms with van der Waals surface area (Å²) < 4.78 is 5.80. The van der Waals surface area contributed by atoms with Crippen molar-refractivity contribution in [2.45, 2.75) is 31.5 Å². The fraction of sp³-hybridized carbons (Fsp3) is 0.435. The van der Waals surface area contributed by atoms with Gasteiger partial charge in [-0.15, -0.1) is 0 Å². The van der Waals surface area contributed by atoms with Crippen molar-refractivity contribution >= 4 is 11.6 Å². The third kappa shape index (κ3) is 4.45. The molecule has 6 nitrogen and oxygen atoms in total. The molecule has 2 aliphatic rings. The van der Waals surface area contributed by atoms with Crippen molar-refractivity contribution in [1.29, 1.82) is 0 Å². The molecule has 0 saturated heterocycles. The number of amides is 1. The van der Waals surface area contributed by atoms with Gasteiger partial charge >= 0.3 is 0 Å². The van der Waals surface area contributed by atoms with E-state index in [4.69, 9.17) is 9.84 Å². The second-order valence-electron chi connectivity index (χ2n) is 7.99. The Balaban J connectivity index is 1.32. The van der Waals surface area contributed by atoms with Gasteiger partial charge in [0.2, 0.25) is 5.91 Å². The van der Waals surface area contributed by atoms with Gasteiger partial charge in [-0.2, -0.15) is 0 Å². The van der Waals surface area contributed by atoms with Gasteiger partial charge in [-0.3, -0.25) is 10.1 Å². The van der Waals surface area contributed by atoms with Gasteiger partial charge in [-0.25, -0.2) is 0 Å². The van der Waals surface area contributed by atoms with E-state index in [0.29, 0.717) is 18.1 Å². The molecule has 154 valence electrons. The lowest BCUT2D eigenvalue weighted by Crippen LogP contribution is -2.51. The summed E-state index contributed by atoms with van der Waals surface area (Å²) in [7, 11) is 1.73. The third-order valence-electron chi connectivity index (χ3n) is 5.94. The molecule has 1 saturated carbocycles. The van der Waals surface area contributed by atoms with Gasteiger partial charge in [-0.05, 0) is 48.4 Å². The number of likely N-dealkylation sites (N-methyl/N-ethyl adjacent to an activating group) is 1. The van der Waals surface area contributed by atoms with Gasteiger partial charge in [0.05, 0.1) is 5.69 Å². The number of hydrogen-bond donors (Lipinski definition) is 3. The SMILES string of the molecule is CN1C(=O)[C@@H](N[C@@H](O)C2CC2Cc2ccc(CCO)cc2)COc2ccccc21. The number of fused-ring (bicyclic) bond motifs is 1. The summed E-state index contributed by atoms with van der Waals surface area (Å²) in [4.78, 5) is 14.4. The van der Waals surface area contributed by atoms with Crippen LogP contribution in [0, 0.1) is 11.8 Å². The van der Waals surface area contributed by atoms with Gasteiger partial charge in [0, 0.05) is 19.6 Å². The highest BCUT2D eigenvalue weighted by atomic mass is 16.5. The first-order valence-corrected chi connectivity index (χ1v) is 10.2. The minimum absolute atomic E-state index is 0.106. The Hall–Kier alpha value is -2.41. The number of carbonyl (C=O) groups is 1. The molecule has 4 atom stereocenters. The first kappa shape index (κ1) is 19.9. The molecule has 1 amide bonds. The highest BCUT2D eigenvalue weighted by molar-refractivity contribution is 5.98. The van der Waals surface area contributed by atoms with Crippen molar-refractivity contribution in [3.63, 3.8) is 0 Å². The van der Waals surface area contributed by atoms with Gasteiger partial charge in [0.15, 0.2) is 0 Å². The minimum atomic E-state index is -0.735. The van der Waals surface area contributed by atoms with E-state index >= 15 is 0 Å². The van der Waals surface area contributed by atoms with Gasteiger partial charge in [0.1, 0.15) is 24.6 Å². The summed E-state index contributed by atoms with van der Waals surface area (Å²) in [5, 5.41) is 22.7. The number of nitrogens with zero attached hydrogens (tertiary/aromatic N) is 1. The molecule has 1 aliphatic carbocycles. The number of hydrogen-bond acceptors (Lipinski definition) is 5. The van der Waals surface area contributed by atoms with E-state index in [-0.39, 0.29) is 25.0 Å². The smallest absolute Gasteiger partial charge is 0.247 e. The van der Waals surface area contributed by atoms with Crippen LogP contribution in [-0.2, 0) is 17.6 Å². The average Bonchev–Trinajstić information content (AvgIpc) is 3.52. The molecule has 2 unspecified atom stereocenters. The molecule has 2 aromatic rings. The van der Waals surface area contributed by atoms with E-state index in [9.17, 15) is 9.90 Å². The van der Waals surface area contributed by atoms with Crippen molar-refractivity contribution in [2.24, 2.45) is 11.8 Å². The van der Waals surface area contributed by atoms with Crippen LogP contribution in [-0.4, -0.2) is 48.7 Å². The number of rotatable bonds is 7. The molecule has 1 aliphatic heterocycles. The summed E-state index contributed by atoms with van der Waals surface area (Å²) >= 11 is 0. The maximum absolute atomic E-state index is 12.8. The number of anilines is 1. The lowest BCUT2D eigenvalue weighted by atomic mass is 10.0. The van der Waals surface area contributed by atoms with Crippen molar-refractivity contribution in [2.75, 3.05) is 25.2 Å². The lowest BCUT2D eigenvalue weighted by Gasteiger charge is -2.23. The Morgan fingerprint density at radius 2 is 1.90 bits per heavy atom. The normalized spacial score (nSPS) is 24.4. The molecule has 1 heterocycles. The predicted molar refractivity (Wildman–Crippen MR) is 111 cm³/mol. The Morgan fingerprint density at radius 3 is 2.66 bits per heavy atom. The van der Waals surface area contributed by atoms with Gasteiger partial charge in [-0.1, -0.05) is 36.4 Å². The number of nitrogens with one attached hydrogen (secondary N) is 1. The van der Waals surface area contributed by atoms with E-state index in [1.807, 2.05) is 36.4 Å². The lowest BCUT2D eigenvalue weighted by molar-refractivity contribution is -0.121. The minimum Gasteiger partial charge on any atom is -0.489 e. The van der Waals surface area contributed by atoms with Crippen molar-refractivity contribution in [3.8, 4) is 5.75 Å². The summed E-state index contributed by atoms with van der Waals surface area (Å²) in [5.41, 5.74) is 3.10. The fourth-order valence-corrected chi connectivity index (χ4v) is 4.07. The summed E-state index contributed by atoms with van der Waals surface area (Å²) in [6, 6.07) is 15.2. The Morgan fingerprint density at radius 1 is 1.17 bits per heavy atom. The van der Waals surface area contributed by atoms with E-state index in [1.165, 1.54) is 5.56 Å². The highest BCUT2D eigenvalue weighted by Crippen LogP contribution is 2.43. The van der Waals surface area contributed by atoms with Crippen LogP contribution < -0.4 is 15.0 Å². The molecule has 0 spiro atoms. The predicted octanol–water partition coefficient (Wildman–Crippen LogP) is 1.73. The van der Waals surface area contributed by atoms with Crippen LogP contribution in [0.2, 0.25) is 0 Å². The quantitative estimate of drug-likeness (QED) is 0.621. The number of benzene rings is 2. The second kappa shape index (κ2) is 8.53.